The fraction of sp³-hybridized carbons (Fsp3) is 0.500. The van der Waals surface area contributed by atoms with E-state index in [0.29, 0.717) is 18.2 Å². The molecule has 0 atom stereocenters. The van der Waals surface area contributed by atoms with Crippen LogP contribution in [0.25, 0.3) is 0 Å². The van der Waals surface area contributed by atoms with Gasteiger partial charge < -0.3 is 10.6 Å². The van der Waals surface area contributed by atoms with Crippen LogP contribution in [0.1, 0.15) is 34.9 Å². The zero-order chi connectivity index (χ0) is 12.1. The maximum atomic E-state index is 11.6. The number of carbonyl (C=O) groups is 1. The van der Waals surface area contributed by atoms with E-state index in [-0.39, 0.29) is 5.91 Å². The van der Waals surface area contributed by atoms with Crippen LogP contribution in [-0.4, -0.2) is 35.7 Å². The summed E-state index contributed by atoms with van der Waals surface area (Å²) in [4.78, 5) is 11.6. The lowest BCUT2D eigenvalue weighted by molar-refractivity contribution is 0.0953. The number of amides is 1. The van der Waals surface area contributed by atoms with Gasteiger partial charge in [-0.25, -0.2) is 0 Å². The Bertz CT molecular complexity index is 393. The Kier molecular flexibility index (Phi) is 3.93. The highest BCUT2D eigenvalue weighted by Gasteiger charge is 2.19. The van der Waals surface area contributed by atoms with Gasteiger partial charge in [0.15, 0.2) is 0 Å². The number of H-pyrrole nitrogens is 1. The molecular formula is C12H18N4O. The summed E-state index contributed by atoms with van der Waals surface area (Å²) in [6, 6.07) is 1.86. The van der Waals surface area contributed by atoms with Crippen LogP contribution < -0.4 is 10.6 Å². The molecule has 1 aliphatic rings. The third kappa shape index (κ3) is 2.94. The van der Waals surface area contributed by atoms with Crippen molar-refractivity contribution in [2.75, 3.05) is 19.6 Å². The summed E-state index contributed by atoms with van der Waals surface area (Å²) >= 11 is 0. The molecule has 1 fully saturated rings. The highest BCUT2D eigenvalue weighted by Crippen LogP contribution is 2.23. The third-order valence-electron chi connectivity index (χ3n) is 3.02. The lowest BCUT2D eigenvalue weighted by Gasteiger charge is -2.20. The van der Waals surface area contributed by atoms with Gasteiger partial charge in [-0.3, -0.25) is 9.89 Å². The number of rotatable bonds is 4. The molecule has 5 heteroatoms. The van der Waals surface area contributed by atoms with Gasteiger partial charge in [0, 0.05) is 18.2 Å². The molecule has 5 nitrogen and oxygen atoms in total. The molecule has 2 rings (SSSR count). The van der Waals surface area contributed by atoms with E-state index >= 15 is 0 Å². The van der Waals surface area contributed by atoms with Crippen molar-refractivity contribution < 1.29 is 4.79 Å². The van der Waals surface area contributed by atoms with E-state index in [4.69, 9.17) is 0 Å². The van der Waals surface area contributed by atoms with E-state index in [0.717, 1.165) is 31.6 Å². The van der Waals surface area contributed by atoms with Crippen molar-refractivity contribution >= 4 is 5.91 Å². The number of aromatic nitrogens is 2. The third-order valence-corrected chi connectivity index (χ3v) is 3.02. The average molecular weight is 234 g/mol. The molecule has 1 saturated heterocycles. The molecule has 1 aliphatic heterocycles. The lowest BCUT2D eigenvalue weighted by atomic mass is 9.94. The number of hydrogen-bond donors (Lipinski definition) is 3. The number of aromatic amines is 1. The van der Waals surface area contributed by atoms with Crippen LogP contribution in [0, 0.1) is 0 Å². The van der Waals surface area contributed by atoms with Gasteiger partial charge in [-0.15, -0.1) is 6.58 Å². The number of carbonyl (C=O) groups excluding carboxylic acids is 1. The van der Waals surface area contributed by atoms with Crippen LogP contribution in [0.4, 0.5) is 0 Å². The minimum atomic E-state index is -0.152. The van der Waals surface area contributed by atoms with Crippen LogP contribution in [0.2, 0.25) is 0 Å². The Hall–Kier alpha value is -1.62. The molecule has 0 saturated carbocycles. The Labute approximate surface area is 101 Å². The van der Waals surface area contributed by atoms with Gasteiger partial charge in [-0.2, -0.15) is 5.10 Å². The fourth-order valence-corrected chi connectivity index (χ4v) is 2.05. The SMILES string of the molecule is C=CCNC(=O)c1cc(C2CCNCC2)[nH]n1. The molecule has 1 aromatic rings. The topological polar surface area (TPSA) is 69.8 Å². The first kappa shape index (κ1) is 11.9. The van der Waals surface area contributed by atoms with Gasteiger partial charge >= 0.3 is 0 Å². The summed E-state index contributed by atoms with van der Waals surface area (Å²) < 4.78 is 0. The quantitative estimate of drug-likeness (QED) is 0.675. The second-order valence-corrected chi connectivity index (χ2v) is 4.23. The lowest BCUT2D eigenvalue weighted by Crippen LogP contribution is -2.26. The number of nitrogens with zero attached hydrogens (tertiary/aromatic N) is 1. The minimum Gasteiger partial charge on any atom is -0.347 e. The Morgan fingerprint density at radius 2 is 2.35 bits per heavy atom. The maximum Gasteiger partial charge on any atom is 0.272 e. The number of nitrogens with one attached hydrogen (secondary N) is 3. The molecule has 0 aromatic carbocycles. The second-order valence-electron chi connectivity index (χ2n) is 4.23. The van der Waals surface area contributed by atoms with Crippen molar-refractivity contribution in [3.05, 3.63) is 30.1 Å². The van der Waals surface area contributed by atoms with Crippen LogP contribution in [0.5, 0.6) is 0 Å². The molecule has 3 N–H and O–H groups in total. The van der Waals surface area contributed by atoms with E-state index in [2.05, 4.69) is 27.4 Å². The Balaban J connectivity index is 1.99. The van der Waals surface area contributed by atoms with Gasteiger partial charge in [-0.1, -0.05) is 6.08 Å². The predicted molar refractivity (Wildman–Crippen MR) is 66.0 cm³/mol. The zero-order valence-electron chi connectivity index (χ0n) is 9.83. The smallest absolute Gasteiger partial charge is 0.272 e. The van der Waals surface area contributed by atoms with Gasteiger partial charge in [0.1, 0.15) is 5.69 Å². The molecule has 1 amide bonds. The van der Waals surface area contributed by atoms with Crippen LogP contribution >= 0.6 is 0 Å². The molecule has 0 spiro atoms. The number of piperidine rings is 1. The van der Waals surface area contributed by atoms with Crippen LogP contribution in [0.15, 0.2) is 18.7 Å². The van der Waals surface area contributed by atoms with Crippen molar-refractivity contribution in [3.63, 3.8) is 0 Å². The van der Waals surface area contributed by atoms with Crippen LogP contribution in [0.3, 0.4) is 0 Å². The van der Waals surface area contributed by atoms with Crippen molar-refractivity contribution in [2.45, 2.75) is 18.8 Å². The van der Waals surface area contributed by atoms with Gasteiger partial charge in [0.2, 0.25) is 0 Å². The first-order valence-corrected chi connectivity index (χ1v) is 5.96. The molecular weight excluding hydrogens is 216 g/mol. The van der Waals surface area contributed by atoms with Crippen molar-refractivity contribution in [1.82, 2.24) is 20.8 Å². The highest BCUT2D eigenvalue weighted by molar-refractivity contribution is 5.92. The normalized spacial score (nSPS) is 16.7. The Morgan fingerprint density at radius 3 is 3.06 bits per heavy atom. The maximum absolute atomic E-state index is 11.6. The number of hydrogen-bond acceptors (Lipinski definition) is 3. The summed E-state index contributed by atoms with van der Waals surface area (Å²) in [6.45, 7) is 6.08. The van der Waals surface area contributed by atoms with Crippen molar-refractivity contribution in [3.8, 4) is 0 Å². The van der Waals surface area contributed by atoms with Gasteiger partial charge in [-0.05, 0) is 32.0 Å². The fourth-order valence-electron chi connectivity index (χ4n) is 2.05. The molecule has 2 heterocycles. The van der Waals surface area contributed by atoms with Crippen molar-refractivity contribution in [2.24, 2.45) is 0 Å². The molecule has 1 aromatic heterocycles. The van der Waals surface area contributed by atoms with Gasteiger partial charge in [0.05, 0.1) is 0 Å². The van der Waals surface area contributed by atoms with E-state index in [9.17, 15) is 4.79 Å². The minimum absolute atomic E-state index is 0.152. The molecule has 0 radical (unpaired) electrons. The molecule has 92 valence electrons. The standard InChI is InChI=1S/C12H18N4O/c1-2-5-14-12(17)11-8-10(15-16-11)9-3-6-13-7-4-9/h2,8-9,13H,1,3-7H2,(H,14,17)(H,15,16). The summed E-state index contributed by atoms with van der Waals surface area (Å²) in [5, 5.41) is 13.1. The largest absolute Gasteiger partial charge is 0.347 e. The van der Waals surface area contributed by atoms with Gasteiger partial charge in [0.25, 0.3) is 5.91 Å². The van der Waals surface area contributed by atoms with E-state index in [1.807, 2.05) is 6.07 Å². The second kappa shape index (κ2) is 5.63. The Morgan fingerprint density at radius 1 is 1.59 bits per heavy atom. The highest BCUT2D eigenvalue weighted by atomic mass is 16.1. The molecule has 0 bridgehead atoms. The average Bonchev–Trinajstić information content (AvgIpc) is 2.86. The summed E-state index contributed by atoms with van der Waals surface area (Å²) in [5.41, 5.74) is 1.52. The summed E-state index contributed by atoms with van der Waals surface area (Å²) in [6.07, 6.45) is 3.84. The van der Waals surface area contributed by atoms with Crippen molar-refractivity contribution in [1.29, 1.82) is 0 Å². The van der Waals surface area contributed by atoms with E-state index < -0.39 is 0 Å². The monoisotopic (exact) mass is 234 g/mol. The first-order chi connectivity index (χ1) is 8.31. The van der Waals surface area contributed by atoms with E-state index in [1.54, 1.807) is 6.08 Å². The zero-order valence-corrected chi connectivity index (χ0v) is 9.83. The summed E-state index contributed by atoms with van der Waals surface area (Å²) in [5.74, 6) is 0.339. The first-order valence-electron chi connectivity index (χ1n) is 5.96. The molecule has 17 heavy (non-hydrogen) atoms. The molecule has 0 aliphatic carbocycles. The van der Waals surface area contributed by atoms with E-state index in [1.165, 1.54) is 0 Å². The van der Waals surface area contributed by atoms with Crippen LogP contribution in [-0.2, 0) is 0 Å². The predicted octanol–water partition coefficient (Wildman–Crippen LogP) is 0.792. The molecule has 0 unspecified atom stereocenters. The summed E-state index contributed by atoms with van der Waals surface area (Å²) in [7, 11) is 0.